The van der Waals surface area contributed by atoms with Crippen molar-refractivity contribution < 1.29 is 18.1 Å². The molecule has 0 rings (SSSR count). The number of carbonyl (C=O) groups is 1. The lowest BCUT2D eigenvalue weighted by atomic mass is 10.1. The van der Waals surface area contributed by atoms with Crippen molar-refractivity contribution in [2.45, 2.75) is 77.7 Å². The van der Waals surface area contributed by atoms with E-state index in [1.54, 1.807) is 0 Å². The lowest BCUT2D eigenvalue weighted by Gasteiger charge is -2.45. The van der Waals surface area contributed by atoms with Gasteiger partial charge >= 0.3 is 0 Å². The Morgan fingerprint density at radius 3 is 1.39 bits per heavy atom. The van der Waals surface area contributed by atoms with Gasteiger partial charge in [-0.25, -0.2) is 0 Å². The van der Waals surface area contributed by atoms with Gasteiger partial charge in [0.15, 0.2) is 25.0 Å². The molecule has 2 N–H and O–H groups in total. The van der Waals surface area contributed by atoms with Crippen LogP contribution in [-0.4, -0.2) is 36.8 Å². The van der Waals surface area contributed by atoms with E-state index in [1.165, 1.54) is 0 Å². The Bertz CT molecular complexity index is 393. The quantitative estimate of drug-likeness (QED) is 0.354. The molecule has 0 saturated carbocycles. The molecule has 0 saturated heterocycles. The molecule has 0 heterocycles. The first-order chi connectivity index (χ1) is 9.95. The van der Waals surface area contributed by atoms with Crippen LogP contribution in [0.3, 0.4) is 0 Å². The van der Waals surface area contributed by atoms with E-state index in [0.29, 0.717) is 18.4 Å². The summed E-state index contributed by atoms with van der Waals surface area (Å²) in [4.78, 5) is 11.3. The van der Waals surface area contributed by atoms with E-state index in [-0.39, 0.29) is 0 Å². The second-order valence-corrected chi connectivity index (χ2v) is 22.1. The van der Waals surface area contributed by atoms with Gasteiger partial charge in [0.05, 0.1) is 0 Å². The van der Waals surface area contributed by atoms with Crippen LogP contribution in [0, 0.1) is 0 Å². The van der Waals surface area contributed by atoms with Crippen molar-refractivity contribution in [1.82, 2.24) is 0 Å². The maximum atomic E-state index is 11.3. The van der Waals surface area contributed by atoms with Crippen molar-refractivity contribution in [3.63, 3.8) is 0 Å². The van der Waals surface area contributed by atoms with Crippen molar-refractivity contribution >= 4 is 30.9 Å². The number of carbonyl (C=O) groups excluding carboxylic acids is 1. The fourth-order valence-corrected chi connectivity index (χ4v) is 5.65. The van der Waals surface area contributed by atoms with E-state index in [0.717, 1.165) is 0 Å². The first kappa shape index (κ1) is 22.7. The lowest BCUT2D eigenvalue weighted by molar-refractivity contribution is -0.273. The van der Waals surface area contributed by atoms with Crippen LogP contribution in [0.25, 0.3) is 0 Å². The third-order valence-electron chi connectivity index (χ3n) is 2.47. The average Bonchev–Trinajstić information content (AvgIpc) is 2.17. The van der Waals surface area contributed by atoms with E-state index >= 15 is 0 Å². The van der Waals surface area contributed by atoms with E-state index in [2.05, 4.69) is 65.5 Å². The molecular formula is C15H35NO4Si3. The van der Waals surface area contributed by atoms with Gasteiger partial charge in [0, 0.05) is 12.0 Å². The molecule has 0 aromatic heterocycles. The number of hydrogen-bond donors (Lipinski definition) is 1. The summed E-state index contributed by atoms with van der Waals surface area (Å²) in [7, 11) is -5.83. The van der Waals surface area contributed by atoms with Gasteiger partial charge in [-0.1, -0.05) is 6.58 Å². The van der Waals surface area contributed by atoms with Gasteiger partial charge in [-0.3, -0.25) is 4.79 Å². The molecule has 0 bridgehead atoms. The van der Waals surface area contributed by atoms with Gasteiger partial charge < -0.3 is 19.0 Å². The van der Waals surface area contributed by atoms with Crippen molar-refractivity contribution in [1.29, 1.82) is 0 Å². The van der Waals surface area contributed by atoms with Gasteiger partial charge in [0.25, 0.3) is 5.97 Å². The zero-order valence-electron chi connectivity index (χ0n) is 16.3. The Hall–Kier alpha value is -0.259. The molecule has 0 aromatic carbocycles. The van der Waals surface area contributed by atoms with Crippen LogP contribution < -0.4 is 5.73 Å². The van der Waals surface area contributed by atoms with Gasteiger partial charge in [-0.05, 0) is 65.3 Å². The summed E-state index contributed by atoms with van der Waals surface area (Å²) in [6.07, 6.45) is 0.822. The molecule has 0 spiro atoms. The molecule has 0 aliphatic rings. The average molecular weight is 378 g/mol. The van der Waals surface area contributed by atoms with E-state index in [9.17, 15) is 4.79 Å². The highest BCUT2D eigenvalue weighted by Gasteiger charge is 2.44. The fourth-order valence-electron chi connectivity index (χ4n) is 2.04. The lowest BCUT2D eigenvalue weighted by Crippen LogP contribution is -2.56. The summed E-state index contributed by atoms with van der Waals surface area (Å²) >= 11 is 0. The molecule has 23 heavy (non-hydrogen) atoms. The molecule has 0 radical (unpaired) electrons. The second kappa shape index (κ2) is 7.75. The topological polar surface area (TPSA) is 70.8 Å². The third kappa shape index (κ3) is 11.0. The highest BCUT2D eigenvalue weighted by molar-refractivity contribution is 6.72. The summed E-state index contributed by atoms with van der Waals surface area (Å²) in [6.45, 7) is 22.7. The first-order valence-corrected chi connectivity index (χ1v) is 18.3. The van der Waals surface area contributed by atoms with E-state index < -0.39 is 36.8 Å². The number of rotatable bonds is 10. The van der Waals surface area contributed by atoms with Crippen molar-refractivity contribution in [2.24, 2.45) is 5.73 Å². The molecule has 0 unspecified atom stereocenters. The van der Waals surface area contributed by atoms with Crippen LogP contribution in [0.15, 0.2) is 12.2 Å². The molecular weight excluding hydrogens is 342 g/mol. The van der Waals surface area contributed by atoms with Crippen LogP contribution >= 0.6 is 0 Å². The van der Waals surface area contributed by atoms with Crippen molar-refractivity contribution in [2.75, 3.05) is 0 Å². The van der Waals surface area contributed by atoms with Gasteiger partial charge in [0.1, 0.15) is 0 Å². The Kier molecular flexibility index (Phi) is 7.66. The standard InChI is InChI=1S/C15H35NO4Si3/c1-13(14(16)17)11-12-15(18-21(2,3)4,19-22(5,6)7)20-23(8,9)10/h1,11-12H2,2-10H3,(H2,16,17). The molecule has 1 amide bonds. The minimum atomic E-state index is -1.94. The first-order valence-electron chi connectivity index (χ1n) is 8.03. The summed E-state index contributed by atoms with van der Waals surface area (Å²) in [5.74, 6) is -1.61. The molecule has 0 aromatic rings. The van der Waals surface area contributed by atoms with Gasteiger partial charge in [-0.15, -0.1) is 0 Å². The maximum absolute atomic E-state index is 11.3. The Morgan fingerprint density at radius 2 is 1.17 bits per heavy atom. The molecule has 5 nitrogen and oxygen atoms in total. The van der Waals surface area contributed by atoms with Crippen LogP contribution in [0.1, 0.15) is 12.8 Å². The van der Waals surface area contributed by atoms with Crippen molar-refractivity contribution in [3.8, 4) is 0 Å². The van der Waals surface area contributed by atoms with Crippen LogP contribution in [0.4, 0.5) is 0 Å². The molecule has 0 fully saturated rings. The molecule has 0 aliphatic carbocycles. The smallest absolute Gasteiger partial charge is 0.254 e. The predicted octanol–water partition coefficient (Wildman–Crippen LogP) is 4.02. The van der Waals surface area contributed by atoms with Gasteiger partial charge in [-0.2, -0.15) is 0 Å². The van der Waals surface area contributed by atoms with Gasteiger partial charge in [0.2, 0.25) is 5.91 Å². The third-order valence-corrected chi connectivity index (χ3v) is 5.24. The largest absolute Gasteiger partial charge is 0.371 e. The SMILES string of the molecule is C=C(CCC(O[Si](C)(C)C)(O[Si](C)(C)C)O[Si](C)(C)C)C(N)=O. The van der Waals surface area contributed by atoms with E-state index in [1.807, 2.05) is 0 Å². The van der Waals surface area contributed by atoms with Crippen LogP contribution in [0.2, 0.25) is 58.9 Å². The number of nitrogens with two attached hydrogens (primary N) is 1. The second-order valence-electron chi connectivity index (χ2n) is 8.79. The normalized spacial score (nSPS) is 14.0. The number of amides is 1. The maximum Gasteiger partial charge on any atom is 0.254 e. The Labute approximate surface area is 145 Å². The van der Waals surface area contributed by atoms with Crippen LogP contribution in [0.5, 0.6) is 0 Å². The predicted molar refractivity (Wildman–Crippen MR) is 104 cm³/mol. The van der Waals surface area contributed by atoms with E-state index in [4.69, 9.17) is 19.0 Å². The highest BCUT2D eigenvalue weighted by atomic mass is 28.4. The number of primary amides is 1. The summed E-state index contributed by atoms with van der Waals surface area (Å²) in [5, 5.41) is 0. The van der Waals surface area contributed by atoms with Crippen LogP contribution in [-0.2, 0) is 18.1 Å². The van der Waals surface area contributed by atoms with Crippen molar-refractivity contribution in [3.05, 3.63) is 12.2 Å². The summed E-state index contributed by atoms with van der Waals surface area (Å²) < 4.78 is 19.1. The number of hydrogen-bond acceptors (Lipinski definition) is 4. The molecule has 136 valence electrons. The highest BCUT2D eigenvalue weighted by Crippen LogP contribution is 2.34. The zero-order valence-corrected chi connectivity index (χ0v) is 19.3. The molecule has 0 atom stereocenters. The Morgan fingerprint density at radius 1 is 0.870 bits per heavy atom. The minimum Gasteiger partial charge on any atom is -0.371 e. The molecule has 8 heteroatoms. The Balaban J connectivity index is 5.62. The summed E-state index contributed by atoms with van der Waals surface area (Å²) in [6, 6.07) is 0. The summed E-state index contributed by atoms with van der Waals surface area (Å²) in [5.41, 5.74) is 5.68. The molecule has 0 aliphatic heterocycles. The minimum absolute atomic E-state index is 0.368. The monoisotopic (exact) mass is 377 g/mol. The zero-order chi connectivity index (χ0) is 18.7. The fraction of sp³-hybridized carbons (Fsp3) is 0.800.